The number of fused-ring (bicyclic) bond motifs is 1. The predicted molar refractivity (Wildman–Crippen MR) is 89.4 cm³/mol. The summed E-state index contributed by atoms with van der Waals surface area (Å²) in [4.78, 5) is 24.4. The molecule has 8 heteroatoms. The van der Waals surface area contributed by atoms with E-state index in [0.29, 0.717) is 18.7 Å². The fraction of sp³-hybridized carbons (Fsp3) is 0.500. The molecule has 1 aliphatic heterocycles. The van der Waals surface area contributed by atoms with Gasteiger partial charge in [-0.3, -0.25) is 9.59 Å². The molecule has 0 saturated carbocycles. The fourth-order valence-corrected chi connectivity index (χ4v) is 4.05. The Kier molecular flexibility index (Phi) is 5.29. The van der Waals surface area contributed by atoms with Crippen LogP contribution in [0.5, 0.6) is 0 Å². The molecular weight excluding hydrogens is 332 g/mol. The van der Waals surface area contributed by atoms with E-state index >= 15 is 0 Å². The summed E-state index contributed by atoms with van der Waals surface area (Å²) in [6.07, 6.45) is 0.782. The van der Waals surface area contributed by atoms with Gasteiger partial charge >= 0.3 is 5.97 Å². The highest BCUT2D eigenvalue weighted by Gasteiger charge is 2.28. The van der Waals surface area contributed by atoms with E-state index in [1.54, 1.807) is 11.0 Å². The van der Waals surface area contributed by atoms with Crippen molar-refractivity contribution in [1.82, 2.24) is 4.72 Å². The molecule has 0 saturated heterocycles. The first-order valence-corrected chi connectivity index (χ1v) is 9.26. The van der Waals surface area contributed by atoms with Crippen molar-refractivity contribution in [2.24, 2.45) is 5.92 Å². The van der Waals surface area contributed by atoms with Crippen molar-refractivity contribution >= 4 is 27.6 Å². The van der Waals surface area contributed by atoms with Crippen molar-refractivity contribution in [1.29, 1.82) is 0 Å². The third kappa shape index (κ3) is 3.93. The van der Waals surface area contributed by atoms with Gasteiger partial charge in [0, 0.05) is 19.2 Å². The SMILES string of the molecule is CC(=O)N1CCc2cc(S(=O)(=O)N[C@@H](CC(C)C)C(=O)O)ccc21. The summed E-state index contributed by atoms with van der Waals surface area (Å²) >= 11 is 0. The molecule has 0 fully saturated rings. The maximum atomic E-state index is 12.5. The van der Waals surface area contributed by atoms with Crippen LogP contribution >= 0.6 is 0 Å². The Morgan fingerprint density at radius 3 is 2.54 bits per heavy atom. The average molecular weight is 354 g/mol. The minimum atomic E-state index is -3.94. The molecule has 0 spiro atoms. The minimum absolute atomic E-state index is 0.0154. The second-order valence-electron chi connectivity index (χ2n) is 6.35. The van der Waals surface area contributed by atoms with E-state index in [-0.39, 0.29) is 23.1 Å². The quantitative estimate of drug-likeness (QED) is 0.803. The van der Waals surface area contributed by atoms with Crippen LogP contribution in [0.15, 0.2) is 23.1 Å². The van der Waals surface area contributed by atoms with E-state index in [0.717, 1.165) is 5.56 Å². The van der Waals surface area contributed by atoms with Gasteiger partial charge in [-0.05, 0) is 42.5 Å². The Hall–Kier alpha value is -1.93. The number of hydrogen-bond donors (Lipinski definition) is 2. The highest BCUT2D eigenvalue weighted by atomic mass is 32.2. The molecule has 0 unspecified atom stereocenters. The van der Waals surface area contributed by atoms with Crippen LogP contribution in [0.4, 0.5) is 5.69 Å². The number of amides is 1. The largest absolute Gasteiger partial charge is 0.480 e. The second-order valence-corrected chi connectivity index (χ2v) is 8.07. The number of hydrogen-bond acceptors (Lipinski definition) is 4. The molecule has 0 radical (unpaired) electrons. The number of rotatable bonds is 6. The number of nitrogens with zero attached hydrogens (tertiary/aromatic N) is 1. The molecule has 1 aromatic rings. The van der Waals surface area contributed by atoms with E-state index in [4.69, 9.17) is 0 Å². The summed E-state index contributed by atoms with van der Waals surface area (Å²) in [7, 11) is -3.94. The summed E-state index contributed by atoms with van der Waals surface area (Å²) in [5, 5.41) is 9.21. The molecule has 2 rings (SSSR count). The summed E-state index contributed by atoms with van der Waals surface area (Å²) in [5.41, 5.74) is 1.47. The monoisotopic (exact) mass is 354 g/mol. The fourth-order valence-electron chi connectivity index (χ4n) is 2.80. The Morgan fingerprint density at radius 1 is 1.33 bits per heavy atom. The first-order valence-electron chi connectivity index (χ1n) is 7.78. The van der Waals surface area contributed by atoms with Gasteiger partial charge in [-0.25, -0.2) is 8.42 Å². The lowest BCUT2D eigenvalue weighted by Crippen LogP contribution is -2.41. The number of carboxylic acids is 1. The third-order valence-corrected chi connectivity index (χ3v) is 5.41. The molecule has 24 heavy (non-hydrogen) atoms. The molecule has 7 nitrogen and oxygen atoms in total. The molecule has 0 aliphatic carbocycles. The van der Waals surface area contributed by atoms with Crippen LogP contribution in [-0.2, 0) is 26.0 Å². The van der Waals surface area contributed by atoms with E-state index in [2.05, 4.69) is 4.72 Å². The zero-order valence-electron chi connectivity index (χ0n) is 13.9. The smallest absolute Gasteiger partial charge is 0.321 e. The Morgan fingerprint density at radius 2 is 2.00 bits per heavy atom. The van der Waals surface area contributed by atoms with Crippen LogP contribution in [0.1, 0.15) is 32.8 Å². The van der Waals surface area contributed by atoms with Gasteiger partial charge in [-0.2, -0.15) is 4.72 Å². The van der Waals surface area contributed by atoms with Gasteiger partial charge in [-0.1, -0.05) is 13.8 Å². The molecule has 1 heterocycles. The maximum absolute atomic E-state index is 12.5. The van der Waals surface area contributed by atoms with E-state index in [1.165, 1.54) is 19.1 Å². The van der Waals surface area contributed by atoms with Crippen LogP contribution < -0.4 is 9.62 Å². The number of sulfonamides is 1. The topological polar surface area (TPSA) is 104 Å². The van der Waals surface area contributed by atoms with Crippen LogP contribution in [0.3, 0.4) is 0 Å². The summed E-state index contributed by atoms with van der Waals surface area (Å²) < 4.78 is 27.2. The lowest BCUT2D eigenvalue weighted by atomic mass is 10.1. The summed E-state index contributed by atoms with van der Waals surface area (Å²) in [5.74, 6) is -1.25. The number of nitrogens with one attached hydrogen (secondary N) is 1. The van der Waals surface area contributed by atoms with Crippen molar-refractivity contribution in [3.63, 3.8) is 0 Å². The van der Waals surface area contributed by atoms with Crippen molar-refractivity contribution in [3.8, 4) is 0 Å². The van der Waals surface area contributed by atoms with Crippen LogP contribution in [0.2, 0.25) is 0 Å². The van der Waals surface area contributed by atoms with Crippen molar-refractivity contribution < 1.29 is 23.1 Å². The molecule has 1 atom stereocenters. The van der Waals surface area contributed by atoms with Gasteiger partial charge in [0.25, 0.3) is 0 Å². The van der Waals surface area contributed by atoms with Gasteiger partial charge in [-0.15, -0.1) is 0 Å². The van der Waals surface area contributed by atoms with Gasteiger partial charge in [0.05, 0.1) is 4.90 Å². The number of carbonyl (C=O) groups excluding carboxylic acids is 1. The molecule has 1 aromatic carbocycles. The Labute approximate surface area is 141 Å². The number of benzene rings is 1. The van der Waals surface area contributed by atoms with Crippen molar-refractivity contribution in [3.05, 3.63) is 23.8 Å². The van der Waals surface area contributed by atoms with Gasteiger partial charge < -0.3 is 10.0 Å². The Balaban J connectivity index is 2.27. The zero-order valence-corrected chi connectivity index (χ0v) is 14.8. The number of carbonyl (C=O) groups is 2. The highest BCUT2D eigenvalue weighted by molar-refractivity contribution is 7.89. The number of aliphatic carboxylic acids is 1. The highest BCUT2D eigenvalue weighted by Crippen LogP contribution is 2.30. The first-order chi connectivity index (χ1) is 11.1. The van der Waals surface area contributed by atoms with Crippen molar-refractivity contribution in [2.45, 2.75) is 44.6 Å². The van der Waals surface area contributed by atoms with E-state index < -0.39 is 22.0 Å². The second kappa shape index (κ2) is 6.90. The molecule has 2 N–H and O–H groups in total. The van der Waals surface area contributed by atoms with Gasteiger partial charge in [0.15, 0.2) is 0 Å². The molecule has 1 aliphatic rings. The Bertz CT molecular complexity index is 758. The van der Waals surface area contributed by atoms with Crippen LogP contribution in [-0.4, -0.2) is 38.0 Å². The average Bonchev–Trinajstić information content (AvgIpc) is 2.88. The van der Waals surface area contributed by atoms with E-state index in [1.807, 2.05) is 13.8 Å². The standard InChI is InChI=1S/C16H22N2O5S/c1-10(2)8-14(16(20)21)17-24(22,23)13-4-5-15-12(9-13)6-7-18(15)11(3)19/h4-5,9-10,14,17H,6-8H2,1-3H3,(H,20,21)/t14-/m0/s1. The van der Waals surface area contributed by atoms with Crippen LogP contribution in [0.25, 0.3) is 0 Å². The molecule has 1 amide bonds. The zero-order chi connectivity index (χ0) is 18.1. The molecule has 0 bridgehead atoms. The maximum Gasteiger partial charge on any atom is 0.321 e. The number of anilines is 1. The molecule has 132 valence electrons. The van der Waals surface area contributed by atoms with E-state index in [9.17, 15) is 23.1 Å². The van der Waals surface area contributed by atoms with Crippen molar-refractivity contribution in [2.75, 3.05) is 11.4 Å². The summed E-state index contributed by atoms with van der Waals surface area (Å²) in [6.45, 7) is 5.64. The third-order valence-electron chi connectivity index (χ3n) is 3.94. The molecular formula is C16H22N2O5S. The predicted octanol–water partition coefficient (Wildman–Crippen LogP) is 1.37. The van der Waals surface area contributed by atoms with Crippen LogP contribution in [0, 0.1) is 5.92 Å². The minimum Gasteiger partial charge on any atom is -0.480 e. The molecule has 0 aromatic heterocycles. The lowest BCUT2D eigenvalue weighted by molar-refractivity contribution is -0.139. The first kappa shape index (κ1) is 18.4. The normalized spacial score (nSPS) is 15.4. The van der Waals surface area contributed by atoms with Gasteiger partial charge in [0.2, 0.25) is 15.9 Å². The number of carboxylic acid groups (broad SMARTS) is 1. The van der Waals surface area contributed by atoms with Gasteiger partial charge in [0.1, 0.15) is 6.04 Å². The lowest BCUT2D eigenvalue weighted by Gasteiger charge is -2.18. The summed E-state index contributed by atoms with van der Waals surface area (Å²) in [6, 6.07) is 3.33.